The number of pyridine rings is 1. The minimum absolute atomic E-state index is 0.248. The van der Waals surface area contributed by atoms with Gasteiger partial charge in [-0.1, -0.05) is 6.92 Å². The predicted molar refractivity (Wildman–Crippen MR) is 73.0 cm³/mol. The molecule has 1 rings (SSSR count). The van der Waals surface area contributed by atoms with Crippen LogP contribution in [0, 0.1) is 6.92 Å². The van der Waals surface area contributed by atoms with Crippen LogP contribution in [-0.2, 0) is 0 Å². The molecule has 0 saturated heterocycles. The van der Waals surface area contributed by atoms with E-state index >= 15 is 0 Å². The van der Waals surface area contributed by atoms with Gasteiger partial charge < -0.3 is 16.0 Å². The second kappa shape index (κ2) is 6.57. The van der Waals surface area contributed by atoms with Crippen LogP contribution >= 0.6 is 0 Å². The number of hydrogen-bond acceptors (Lipinski definition) is 4. The number of anilines is 1. The number of rotatable bonds is 6. The standard InChI is InChI=1S/C13H24N4/c1-5-6-15-12(9-17(3)4)11-7-10(2)8-16-13(11)14/h7-8,12,15H,5-6,9H2,1-4H3,(H2,14,16). The summed E-state index contributed by atoms with van der Waals surface area (Å²) in [6, 6.07) is 2.37. The maximum atomic E-state index is 5.97. The van der Waals surface area contributed by atoms with Crippen molar-refractivity contribution in [2.45, 2.75) is 26.3 Å². The van der Waals surface area contributed by atoms with E-state index in [2.05, 4.69) is 42.3 Å². The Hall–Kier alpha value is -1.13. The van der Waals surface area contributed by atoms with Crippen LogP contribution in [-0.4, -0.2) is 37.1 Å². The van der Waals surface area contributed by atoms with E-state index in [4.69, 9.17) is 5.73 Å². The zero-order valence-electron chi connectivity index (χ0n) is 11.3. The third kappa shape index (κ3) is 4.32. The summed E-state index contributed by atoms with van der Waals surface area (Å²) in [6.45, 7) is 6.13. The average molecular weight is 236 g/mol. The van der Waals surface area contributed by atoms with Crippen LogP contribution in [0.3, 0.4) is 0 Å². The lowest BCUT2D eigenvalue weighted by atomic mass is 10.1. The van der Waals surface area contributed by atoms with E-state index in [1.165, 1.54) is 0 Å². The molecule has 0 radical (unpaired) electrons. The minimum Gasteiger partial charge on any atom is -0.383 e. The third-order valence-electron chi connectivity index (χ3n) is 2.65. The fourth-order valence-electron chi connectivity index (χ4n) is 1.84. The van der Waals surface area contributed by atoms with Crippen LogP contribution in [0.25, 0.3) is 0 Å². The Balaban J connectivity index is 2.90. The van der Waals surface area contributed by atoms with Crippen molar-refractivity contribution in [2.75, 3.05) is 32.9 Å². The van der Waals surface area contributed by atoms with Gasteiger partial charge in [0.15, 0.2) is 0 Å². The molecule has 0 bridgehead atoms. The first kappa shape index (κ1) is 13.9. The maximum Gasteiger partial charge on any atom is 0.128 e. The Bertz CT molecular complexity index is 349. The third-order valence-corrected chi connectivity index (χ3v) is 2.65. The molecular formula is C13H24N4. The summed E-state index contributed by atoms with van der Waals surface area (Å²) in [5, 5.41) is 3.52. The first-order valence-corrected chi connectivity index (χ1v) is 6.14. The Kier molecular flexibility index (Phi) is 5.38. The Morgan fingerprint density at radius 1 is 1.47 bits per heavy atom. The highest BCUT2D eigenvalue weighted by Crippen LogP contribution is 2.20. The Morgan fingerprint density at radius 2 is 2.18 bits per heavy atom. The lowest BCUT2D eigenvalue weighted by Crippen LogP contribution is -2.32. The van der Waals surface area contributed by atoms with Crippen LogP contribution in [0.15, 0.2) is 12.3 Å². The van der Waals surface area contributed by atoms with E-state index in [-0.39, 0.29) is 6.04 Å². The number of nitrogens with zero attached hydrogens (tertiary/aromatic N) is 2. The SMILES string of the molecule is CCCNC(CN(C)C)c1cc(C)cnc1N. The van der Waals surface area contributed by atoms with E-state index in [0.717, 1.165) is 30.6 Å². The molecule has 0 aliphatic carbocycles. The maximum absolute atomic E-state index is 5.97. The monoisotopic (exact) mass is 236 g/mol. The van der Waals surface area contributed by atoms with Gasteiger partial charge in [-0.15, -0.1) is 0 Å². The van der Waals surface area contributed by atoms with E-state index in [1.807, 2.05) is 13.1 Å². The second-order valence-corrected chi connectivity index (χ2v) is 4.76. The summed E-state index contributed by atoms with van der Waals surface area (Å²) >= 11 is 0. The van der Waals surface area contributed by atoms with Gasteiger partial charge in [0.1, 0.15) is 5.82 Å². The molecular weight excluding hydrogens is 212 g/mol. The fraction of sp³-hybridized carbons (Fsp3) is 0.615. The van der Waals surface area contributed by atoms with Crippen molar-refractivity contribution in [3.63, 3.8) is 0 Å². The molecule has 0 saturated carbocycles. The summed E-state index contributed by atoms with van der Waals surface area (Å²) < 4.78 is 0. The van der Waals surface area contributed by atoms with Crippen LogP contribution in [0.5, 0.6) is 0 Å². The summed E-state index contributed by atoms with van der Waals surface area (Å²) in [6.07, 6.45) is 2.93. The normalized spacial score (nSPS) is 13.0. The first-order chi connectivity index (χ1) is 8.04. The molecule has 1 aromatic rings. The van der Waals surface area contributed by atoms with E-state index < -0.39 is 0 Å². The molecule has 0 fully saturated rings. The predicted octanol–water partition coefficient (Wildman–Crippen LogP) is 1.57. The molecule has 1 atom stereocenters. The number of aromatic nitrogens is 1. The Morgan fingerprint density at radius 3 is 2.76 bits per heavy atom. The molecule has 17 heavy (non-hydrogen) atoms. The summed E-state index contributed by atoms with van der Waals surface area (Å²) in [5.74, 6) is 0.631. The number of hydrogen-bond donors (Lipinski definition) is 2. The van der Waals surface area contributed by atoms with Crippen molar-refractivity contribution in [1.29, 1.82) is 0 Å². The minimum atomic E-state index is 0.248. The van der Waals surface area contributed by atoms with Crippen LogP contribution in [0.1, 0.15) is 30.5 Å². The highest BCUT2D eigenvalue weighted by atomic mass is 15.1. The van der Waals surface area contributed by atoms with Gasteiger partial charge in [0.2, 0.25) is 0 Å². The van der Waals surface area contributed by atoms with E-state index in [0.29, 0.717) is 5.82 Å². The van der Waals surface area contributed by atoms with E-state index in [9.17, 15) is 0 Å². The number of nitrogens with two attached hydrogens (primary N) is 1. The van der Waals surface area contributed by atoms with Crippen molar-refractivity contribution < 1.29 is 0 Å². The second-order valence-electron chi connectivity index (χ2n) is 4.76. The average Bonchev–Trinajstić information content (AvgIpc) is 2.27. The first-order valence-electron chi connectivity index (χ1n) is 6.14. The van der Waals surface area contributed by atoms with Gasteiger partial charge in [-0.2, -0.15) is 0 Å². The topological polar surface area (TPSA) is 54.2 Å². The molecule has 0 aliphatic heterocycles. The van der Waals surface area contributed by atoms with Gasteiger partial charge >= 0.3 is 0 Å². The van der Waals surface area contributed by atoms with Gasteiger partial charge in [0.05, 0.1) is 0 Å². The summed E-state index contributed by atoms with van der Waals surface area (Å²) in [4.78, 5) is 6.40. The zero-order chi connectivity index (χ0) is 12.8. The lowest BCUT2D eigenvalue weighted by Gasteiger charge is -2.23. The van der Waals surface area contributed by atoms with E-state index in [1.54, 1.807) is 0 Å². The van der Waals surface area contributed by atoms with Gasteiger partial charge in [0.25, 0.3) is 0 Å². The molecule has 3 N–H and O–H groups in total. The fourth-order valence-corrected chi connectivity index (χ4v) is 1.84. The quantitative estimate of drug-likeness (QED) is 0.787. The molecule has 1 aromatic heterocycles. The van der Waals surface area contributed by atoms with Gasteiger partial charge in [-0.05, 0) is 45.6 Å². The number of nitrogens with one attached hydrogen (secondary N) is 1. The summed E-state index contributed by atoms with van der Waals surface area (Å²) in [5.41, 5.74) is 8.22. The highest BCUT2D eigenvalue weighted by molar-refractivity contribution is 5.43. The van der Waals surface area contributed by atoms with Gasteiger partial charge in [-0.25, -0.2) is 4.98 Å². The largest absolute Gasteiger partial charge is 0.383 e. The molecule has 4 nitrogen and oxygen atoms in total. The molecule has 1 heterocycles. The molecule has 0 aromatic carbocycles. The lowest BCUT2D eigenvalue weighted by molar-refractivity contribution is 0.342. The Labute approximate surface area is 104 Å². The highest BCUT2D eigenvalue weighted by Gasteiger charge is 2.15. The van der Waals surface area contributed by atoms with Gasteiger partial charge in [0, 0.05) is 24.3 Å². The van der Waals surface area contributed by atoms with Crippen molar-refractivity contribution in [3.8, 4) is 0 Å². The molecule has 0 spiro atoms. The zero-order valence-corrected chi connectivity index (χ0v) is 11.3. The van der Waals surface area contributed by atoms with Crippen LogP contribution in [0.4, 0.5) is 5.82 Å². The van der Waals surface area contributed by atoms with Crippen molar-refractivity contribution >= 4 is 5.82 Å². The van der Waals surface area contributed by atoms with Crippen LogP contribution in [0.2, 0.25) is 0 Å². The number of likely N-dealkylation sites (N-methyl/N-ethyl adjacent to an activating group) is 1. The molecule has 1 unspecified atom stereocenters. The van der Waals surface area contributed by atoms with Crippen molar-refractivity contribution in [1.82, 2.24) is 15.2 Å². The number of aryl methyl sites for hydroxylation is 1. The molecule has 4 heteroatoms. The smallest absolute Gasteiger partial charge is 0.128 e. The molecule has 96 valence electrons. The molecule has 0 aliphatic rings. The molecule has 0 amide bonds. The van der Waals surface area contributed by atoms with Gasteiger partial charge in [-0.3, -0.25) is 0 Å². The number of nitrogen functional groups attached to an aromatic ring is 1. The van der Waals surface area contributed by atoms with Crippen molar-refractivity contribution in [3.05, 3.63) is 23.4 Å². The van der Waals surface area contributed by atoms with Crippen molar-refractivity contribution in [2.24, 2.45) is 0 Å². The van der Waals surface area contributed by atoms with Crippen LogP contribution < -0.4 is 11.1 Å². The summed E-state index contributed by atoms with van der Waals surface area (Å²) in [7, 11) is 4.14.